The fourth-order valence-electron chi connectivity index (χ4n) is 3.42. The molecule has 0 amide bonds. The molecule has 0 aliphatic heterocycles. The number of rotatable bonds is 4. The van der Waals surface area contributed by atoms with Gasteiger partial charge in [-0.05, 0) is 46.0 Å². The summed E-state index contributed by atoms with van der Waals surface area (Å²) in [5, 5.41) is 8.77. The minimum atomic E-state index is -0.556. The molecule has 6 heteroatoms. The molecule has 2 aliphatic carbocycles. The fraction of sp³-hybridized carbons (Fsp3) is 0.733. The highest BCUT2D eigenvalue weighted by Crippen LogP contribution is 2.41. The van der Waals surface area contributed by atoms with Crippen molar-refractivity contribution in [3.8, 4) is 0 Å². The summed E-state index contributed by atoms with van der Waals surface area (Å²) < 4.78 is 7.04. The average molecular weight is 312 g/mol. The SMILES string of the molecule is COC(=O)C1(NC2CC2)CCC(n2nc(C)c(Cl)c2C)C1. The first-order valence-electron chi connectivity index (χ1n) is 7.54. The van der Waals surface area contributed by atoms with Crippen molar-refractivity contribution >= 4 is 17.6 Å². The molecule has 0 aromatic carbocycles. The van der Waals surface area contributed by atoms with Gasteiger partial charge in [-0.2, -0.15) is 5.10 Å². The van der Waals surface area contributed by atoms with Gasteiger partial charge in [0, 0.05) is 6.04 Å². The topological polar surface area (TPSA) is 56.1 Å². The van der Waals surface area contributed by atoms with E-state index in [0.717, 1.165) is 42.1 Å². The fourth-order valence-corrected chi connectivity index (χ4v) is 3.54. The number of nitrogens with zero attached hydrogens (tertiary/aromatic N) is 2. The van der Waals surface area contributed by atoms with Crippen LogP contribution in [-0.4, -0.2) is 34.4 Å². The lowest BCUT2D eigenvalue weighted by atomic mass is 9.97. The second kappa shape index (κ2) is 5.29. The smallest absolute Gasteiger partial charge is 0.326 e. The van der Waals surface area contributed by atoms with Crippen LogP contribution in [0.15, 0.2) is 0 Å². The molecule has 0 bridgehead atoms. The first kappa shape index (κ1) is 14.9. The molecule has 0 saturated heterocycles. The molecular formula is C15H22ClN3O2. The Labute approximate surface area is 130 Å². The normalized spacial score (nSPS) is 28.9. The zero-order valence-electron chi connectivity index (χ0n) is 12.8. The molecule has 1 aromatic rings. The molecule has 2 aliphatic rings. The van der Waals surface area contributed by atoms with Gasteiger partial charge >= 0.3 is 5.97 Å². The maximum atomic E-state index is 12.3. The summed E-state index contributed by atoms with van der Waals surface area (Å²) in [6.45, 7) is 3.89. The Hall–Kier alpha value is -1.07. The second-order valence-corrected chi connectivity index (χ2v) is 6.70. The van der Waals surface area contributed by atoms with E-state index in [4.69, 9.17) is 16.3 Å². The van der Waals surface area contributed by atoms with Gasteiger partial charge in [-0.3, -0.25) is 14.8 Å². The molecule has 1 heterocycles. The highest BCUT2D eigenvalue weighted by atomic mass is 35.5. The van der Waals surface area contributed by atoms with Gasteiger partial charge < -0.3 is 4.74 Å². The Bertz CT molecular complexity index is 568. The third kappa shape index (κ3) is 2.57. The highest BCUT2D eigenvalue weighted by Gasteiger charge is 2.49. The minimum absolute atomic E-state index is 0.149. The van der Waals surface area contributed by atoms with Gasteiger partial charge in [0.2, 0.25) is 0 Å². The Morgan fingerprint density at radius 2 is 2.14 bits per heavy atom. The quantitative estimate of drug-likeness (QED) is 0.868. The van der Waals surface area contributed by atoms with Crippen molar-refractivity contribution in [2.24, 2.45) is 0 Å². The summed E-state index contributed by atoms with van der Waals surface area (Å²) in [4.78, 5) is 12.3. The zero-order valence-corrected chi connectivity index (χ0v) is 13.5. The van der Waals surface area contributed by atoms with Crippen LogP contribution in [0.4, 0.5) is 0 Å². The zero-order chi connectivity index (χ0) is 15.2. The van der Waals surface area contributed by atoms with E-state index in [1.54, 1.807) is 0 Å². The number of hydrogen-bond acceptors (Lipinski definition) is 4. The molecule has 1 N–H and O–H groups in total. The number of nitrogens with one attached hydrogen (secondary N) is 1. The Morgan fingerprint density at radius 3 is 2.67 bits per heavy atom. The van der Waals surface area contributed by atoms with E-state index in [-0.39, 0.29) is 12.0 Å². The molecular weight excluding hydrogens is 290 g/mol. The lowest BCUT2D eigenvalue weighted by Crippen LogP contribution is -2.52. The summed E-state index contributed by atoms with van der Waals surface area (Å²) in [6.07, 6.45) is 4.71. The Morgan fingerprint density at radius 1 is 1.43 bits per heavy atom. The molecule has 116 valence electrons. The summed E-state index contributed by atoms with van der Waals surface area (Å²) in [7, 11) is 1.46. The van der Waals surface area contributed by atoms with E-state index in [9.17, 15) is 4.79 Å². The number of carbonyl (C=O) groups is 1. The second-order valence-electron chi connectivity index (χ2n) is 6.32. The molecule has 1 aromatic heterocycles. The highest BCUT2D eigenvalue weighted by molar-refractivity contribution is 6.31. The molecule has 2 atom stereocenters. The third-order valence-corrected chi connectivity index (χ3v) is 5.25. The molecule has 2 saturated carbocycles. The minimum Gasteiger partial charge on any atom is -0.468 e. The standard InChI is InChI=1S/C15H22ClN3O2/c1-9-13(16)10(2)19(18-9)12-6-7-15(8-12,14(20)21-3)17-11-4-5-11/h11-12,17H,4-8H2,1-3H3. The number of ether oxygens (including phenoxy) is 1. The average Bonchev–Trinajstić information content (AvgIpc) is 3.12. The Kier molecular flexibility index (Phi) is 3.74. The summed E-state index contributed by atoms with van der Waals surface area (Å²) >= 11 is 6.24. The van der Waals surface area contributed by atoms with Gasteiger partial charge in [0.25, 0.3) is 0 Å². The predicted molar refractivity (Wildman–Crippen MR) is 80.5 cm³/mol. The van der Waals surface area contributed by atoms with Gasteiger partial charge in [0.05, 0.1) is 29.6 Å². The Balaban J connectivity index is 1.84. The van der Waals surface area contributed by atoms with Crippen molar-refractivity contribution in [3.63, 3.8) is 0 Å². The van der Waals surface area contributed by atoms with Crippen LogP contribution in [0.1, 0.15) is 49.5 Å². The van der Waals surface area contributed by atoms with Crippen LogP contribution >= 0.6 is 11.6 Å². The number of carbonyl (C=O) groups excluding carboxylic acids is 1. The number of aromatic nitrogens is 2. The molecule has 2 unspecified atom stereocenters. The molecule has 3 rings (SSSR count). The van der Waals surface area contributed by atoms with Crippen molar-refractivity contribution in [3.05, 3.63) is 16.4 Å². The van der Waals surface area contributed by atoms with E-state index < -0.39 is 5.54 Å². The first-order chi connectivity index (χ1) is 9.97. The molecule has 2 fully saturated rings. The molecule has 5 nitrogen and oxygen atoms in total. The summed E-state index contributed by atoms with van der Waals surface area (Å²) in [5.41, 5.74) is 1.27. The van der Waals surface area contributed by atoms with E-state index in [1.165, 1.54) is 7.11 Å². The van der Waals surface area contributed by atoms with Crippen molar-refractivity contribution in [2.75, 3.05) is 7.11 Å². The number of methoxy groups -OCH3 is 1. The van der Waals surface area contributed by atoms with Crippen LogP contribution in [0.5, 0.6) is 0 Å². The monoisotopic (exact) mass is 311 g/mol. The van der Waals surface area contributed by atoms with Crippen molar-refractivity contribution in [1.82, 2.24) is 15.1 Å². The maximum Gasteiger partial charge on any atom is 0.326 e. The van der Waals surface area contributed by atoms with Gasteiger partial charge in [-0.1, -0.05) is 11.6 Å². The number of halogens is 1. The van der Waals surface area contributed by atoms with Crippen molar-refractivity contribution in [1.29, 1.82) is 0 Å². The van der Waals surface area contributed by atoms with E-state index >= 15 is 0 Å². The van der Waals surface area contributed by atoms with E-state index in [2.05, 4.69) is 10.4 Å². The lowest BCUT2D eigenvalue weighted by Gasteiger charge is -2.28. The van der Waals surface area contributed by atoms with Crippen molar-refractivity contribution < 1.29 is 9.53 Å². The first-order valence-corrected chi connectivity index (χ1v) is 7.92. The molecule has 21 heavy (non-hydrogen) atoms. The lowest BCUT2D eigenvalue weighted by molar-refractivity contribution is -0.148. The van der Waals surface area contributed by atoms with Gasteiger partial charge in [-0.25, -0.2) is 0 Å². The summed E-state index contributed by atoms with van der Waals surface area (Å²) in [5.74, 6) is -0.149. The van der Waals surface area contributed by atoms with Crippen LogP contribution in [0, 0.1) is 13.8 Å². The van der Waals surface area contributed by atoms with Gasteiger partial charge in [-0.15, -0.1) is 0 Å². The molecule has 0 spiro atoms. The summed E-state index contributed by atoms with van der Waals surface area (Å²) in [6, 6.07) is 0.661. The van der Waals surface area contributed by atoms with Gasteiger partial charge in [0.15, 0.2) is 0 Å². The maximum absolute atomic E-state index is 12.3. The van der Waals surface area contributed by atoms with Crippen LogP contribution in [0.25, 0.3) is 0 Å². The third-order valence-electron chi connectivity index (χ3n) is 4.70. The van der Waals surface area contributed by atoms with Crippen molar-refractivity contribution in [2.45, 2.75) is 63.6 Å². The molecule has 0 radical (unpaired) electrons. The van der Waals surface area contributed by atoms with E-state index in [1.807, 2.05) is 18.5 Å². The number of hydrogen-bond donors (Lipinski definition) is 1. The van der Waals surface area contributed by atoms with E-state index in [0.29, 0.717) is 12.5 Å². The number of aryl methyl sites for hydroxylation is 1. The van der Waals surface area contributed by atoms with Crippen LogP contribution in [0.3, 0.4) is 0 Å². The van der Waals surface area contributed by atoms with Crippen LogP contribution in [-0.2, 0) is 9.53 Å². The van der Waals surface area contributed by atoms with Gasteiger partial charge in [0.1, 0.15) is 5.54 Å². The number of esters is 1. The largest absolute Gasteiger partial charge is 0.468 e. The van der Waals surface area contributed by atoms with Crippen LogP contribution < -0.4 is 5.32 Å². The predicted octanol–water partition coefficient (Wildman–Crippen LogP) is 2.54. The van der Waals surface area contributed by atoms with Crippen LogP contribution in [0.2, 0.25) is 5.02 Å².